The lowest BCUT2D eigenvalue weighted by Gasteiger charge is -2.35. The van der Waals surface area contributed by atoms with Crippen molar-refractivity contribution in [2.24, 2.45) is 17.0 Å². The second-order valence-corrected chi connectivity index (χ2v) is 16.6. The second-order valence-electron chi connectivity index (χ2n) is 14.6. The van der Waals surface area contributed by atoms with Crippen LogP contribution in [0.1, 0.15) is 63.6 Å². The molecule has 0 saturated carbocycles. The molecule has 4 atom stereocenters. The Bertz CT molecular complexity index is 1880. The number of aliphatic hydroxyl groups is 1. The molecule has 0 radical (unpaired) electrons. The largest absolute Gasteiger partial charge is 0.411 e. The summed E-state index contributed by atoms with van der Waals surface area (Å²) in [5, 5.41) is 26.8. The molecule has 0 aliphatic carbocycles. The Balaban J connectivity index is 1.57. The van der Waals surface area contributed by atoms with Crippen molar-refractivity contribution in [3.8, 4) is 0 Å². The van der Waals surface area contributed by atoms with E-state index in [1.165, 1.54) is 41.7 Å². The van der Waals surface area contributed by atoms with E-state index in [0.29, 0.717) is 43.0 Å². The highest BCUT2D eigenvalue weighted by Crippen LogP contribution is 2.24. The lowest BCUT2D eigenvalue weighted by molar-refractivity contribution is -0.129. The first-order valence-electron chi connectivity index (χ1n) is 18.7. The van der Waals surface area contributed by atoms with Gasteiger partial charge in [0, 0.05) is 40.2 Å². The van der Waals surface area contributed by atoms with Gasteiger partial charge in [-0.25, -0.2) is 13.2 Å². The summed E-state index contributed by atoms with van der Waals surface area (Å²) in [6.07, 6.45) is 0.691. The fourth-order valence-corrected chi connectivity index (χ4v) is 8.19. The molecule has 14 nitrogen and oxygen atoms in total. The van der Waals surface area contributed by atoms with E-state index in [4.69, 9.17) is 5.21 Å². The number of aliphatic hydroxyl groups excluding tert-OH is 1. The van der Waals surface area contributed by atoms with Gasteiger partial charge < -0.3 is 30.3 Å². The maximum atomic E-state index is 14.4. The van der Waals surface area contributed by atoms with Gasteiger partial charge in [-0.3, -0.25) is 14.6 Å². The van der Waals surface area contributed by atoms with E-state index in [0.717, 1.165) is 5.56 Å². The van der Waals surface area contributed by atoms with Crippen LogP contribution in [0.2, 0.25) is 0 Å². The fourth-order valence-electron chi connectivity index (χ4n) is 6.57. The number of pyridine rings is 1. The van der Waals surface area contributed by atoms with Gasteiger partial charge in [-0.1, -0.05) is 87.8 Å². The number of hydrogen-bond donors (Lipinski definition) is 3. The monoisotopic (exact) mass is 777 g/mol. The molecular weight excluding hydrogens is 723 g/mol. The lowest BCUT2D eigenvalue weighted by Crippen LogP contribution is -2.57. The van der Waals surface area contributed by atoms with Gasteiger partial charge in [-0.2, -0.15) is 4.31 Å². The minimum atomic E-state index is -4.08. The highest BCUT2D eigenvalue weighted by atomic mass is 32.2. The predicted molar refractivity (Wildman–Crippen MR) is 210 cm³/mol. The molecule has 1 aromatic heterocycles. The van der Waals surface area contributed by atoms with Crippen molar-refractivity contribution < 1.29 is 33.1 Å². The fraction of sp³-hybridized carbons (Fsp3) is 0.475. The van der Waals surface area contributed by atoms with Gasteiger partial charge in [0.15, 0.2) is 0 Å². The Morgan fingerprint density at radius 1 is 0.982 bits per heavy atom. The zero-order valence-electron chi connectivity index (χ0n) is 32.6. The summed E-state index contributed by atoms with van der Waals surface area (Å²) in [5.41, 5.74) is 2.71. The van der Waals surface area contributed by atoms with Crippen LogP contribution in [0.25, 0.3) is 0 Å². The number of amides is 4. The molecule has 0 bridgehead atoms. The number of urea groups is 1. The maximum absolute atomic E-state index is 14.4. The van der Waals surface area contributed by atoms with Crippen LogP contribution in [0.4, 0.5) is 4.79 Å². The molecule has 298 valence electrons. The number of aromatic nitrogens is 1. The molecule has 4 amide bonds. The topological polar surface area (TPSA) is 176 Å². The average molecular weight is 778 g/mol. The molecule has 1 fully saturated rings. The van der Waals surface area contributed by atoms with E-state index in [1.807, 2.05) is 76.2 Å². The van der Waals surface area contributed by atoms with Crippen LogP contribution in [-0.4, -0.2) is 118 Å². The average Bonchev–Trinajstić information content (AvgIpc) is 3.49. The summed E-state index contributed by atoms with van der Waals surface area (Å²) < 4.78 is 29.1. The summed E-state index contributed by atoms with van der Waals surface area (Å²) in [6.45, 7) is 10.2. The highest BCUT2D eigenvalue weighted by Gasteiger charge is 2.41. The Morgan fingerprint density at radius 3 is 2.27 bits per heavy atom. The second kappa shape index (κ2) is 19.6. The minimum absolute atomic E-state index is 0.0124. The van der Waals surface area contributed by atoms with Crippen molar-refractivity contribution in [3.63, 3.8) is 0 Å². The van der Waals surface area contributed by atoms with E-state index in [9.17, 15) is 27.9 Å². The predicted octanol–water partition coefficient (Wildman–Crippen LogP) is 3.96. The molecule has 2 heterocycles. The van der Waals surface area contributed by atoms with Crippen molar-refractivity contribution in [2.45, 2.75) is 83.6 Å². The van der Waals surface area contributed by atoms with Crippen LogP contribution < -0.4 is 5.32 Å². The molecule has 3 N–H and O–H groups in total. The zero-order valence-corrected chi connectivity index (χ0v) is 33.4. The van der Waals surface area contributed by atoms with E-state index < -0.39 is 34.1 Å². The summed E-state index contributed by atoms with van der Waals surface area (Å²) in [4.78, 5) is 49.5. The van der Waals surface area contributed by atoms with Crippen molar-refractivity contribution >= 4 is 34.1 Å². The number of carbonyl (C=O) groups excluding carboxylic acids is 3. The lowest BCUT2D eigenvalue weighted by atomic mass is 9.95. The smallest absolute Gasteiger partial charge is 0.321 e. The first-order chi connectivity index (χ1) is 26.1. The maximum Gasteiger partial charge on any atom is 0.321 e. The summed E-state index contributed by atoms with van der Waals surface area (Å²) >= 11 is 0. The number of benzene rings is 2. The Hall–Kier alpha value is -4.86. The van der Waals surface area contributed by atoms with Gasteiger partial charge in [-0.15, -0.1) is 0 Å². The van der Waals surface area contributed by atoms with Crippen LogP contribution in [0.3, 0.4) is 0 Å². The molecule has 1 saturated heterocycles. The Morgan fingerprint density at radius 2 is 1.65 bits per heavy atom. The SMILES string of the molecule is CC[C@H](C)[C@@H](C(=O)N[C@H](Cc1ccccc1)C(O)CN(CC(C)C)S(=O)(=O)c1ccc(C=NO)cc1)N1CCN(Cc2cccc(CN(C)C(C)=O)n2)C1=O. The van der Waals surface area contributed by atoms with Crippen LogP contribution in [0, 0.1) is 11.8 Å². The van der Waals surface area contributed by atoms with Gasteiger partial charge in [0.2, 0.25) is 21.8 Å². The van der Waals surface area contributed by atoms with Gasteiger partial charge in [0.25, 0.3) is 0 Å². The standard InChI is InChI=1S/C40H55N7O7S/c1-7-29(4)38(47-21-20-45(40(47)51)26-34-15-11-14-33(42-34)25-44(6)30(5)48)39(50)43-36(22-31-12-9-8-10-13-31)37(49)27-46(24-28(2)3)55(53,54)35-18-16-32(17-19-35)23-41-52/h8-19,23,28-29,36-38,49,52H,7,20-22,24-27H2,1-6H3,(H,43,50)/t29-,36+,37?,38-/m0/s1. The van der Waals surface area contributed by atoms with Crippen LogP contribution in [0.15, 0.2) is 82.8 Å². The summed E-state index contributed by atoms with van der Waals surface area (Å²) in [6, 6.07) is 18.6. The molecular formula is C40H55N7O7S. The molecule has 4 rings (SSSR count). The number of hydrogen-bond acceptors (Lipinski definition) is 9. The first kappa shape index (κ1) is 42.9. The number of nitrogens with zero attached hydrogens (tertiary/aromatic N) is 6. The quantitative estimate of drug-likeness (QED) is 0.0932. The number of rotatable bonds is 19. The molecule has 3 aromatic rings. The van der Waals surface area contributed by atoms with Crippen molar-refractivity contribution in [2.75, 3.05) is 33.2 Å². The molecule has 2 aromatic carbocycles. The normalized spacial score (nSPS) is 15.8. The summed E-state index contributed by atoms with van der Waals surface area (Å²) in [5.74, 6) is -0.834. The van der Waals surface area contributed by atoms with E-state index in [2.05, 4.69) is 15.5 Å². The third-order valence-electron chi connectivity index (χ3n) is 9.84. The molecule has 1 aliphatic rings. The third-order valence-corrected chi connectivity index (χ3v) is 11.7. The Labute approximate surface area is 324 Å². The van der Waals surface area contributed by atoms with Crippen LogP contribution in [0.5, 0.6) is 0 Å². The number of nitrogens with one attached hydrogen (secondary N) is 1. The van der Waals surface area contributed by atoms with Gasteiger partial charge >= 0.3 is 6.03 Å². The van der Waals surface area contributed by atoms with Crippen LogP contribution in [-0.2, 0) is 39.1 Å². The summed E-state index contributed by atoms with van der Waals surface area (Å²) in [7, 11) is -2.39. The number of carbonyl (C=O) groups is 3. The van der Waals surface area contributed by atoms with Gasteiger partial charge in [-0.05, 0) is 53.6 Å². The van der Waals surface area contributed by atoms with E-state index in [1.54, 1.807) is 21.7 Å². The number of oxime groups is 1. The molecule has 1 unspecified atom stereocenters. The van der Waals surface area contributed by atoms with E-state index >= 15 is 0 Å². The van der Waals surface area contributed by atoms with Crippen molar-refractivity contribution in [3.05, 3.63) is 95.3 Å². The van der Waals surface area contributed by atoms with Gasteiger partial charge in [0.05, 0.1) is 47.7 Å². The number of sulfonamides is 1. The highest BCUT2D eigenvalue weighted by molar-refractivity contribution is 7.89. The van der Waals surface area contributed by atoms with Crippen LogP contribution >= 0.6 is 0 Å². The molecule has 0 spiro atoms. The molecule has 15 heteroatoms. The third kappa shape index (κ3) is 11.6. The molecule has 55 heavy (non-hydrogen) atoms. The van der Waals surface area contributed by atoms with Crippen molar-refractivity contribution in [1.29, 1.82) is 0 Å². The molecule has 1 aliphatic heterocycles. The minimum Gasteiger partial charge on any atom is -0.411 e. The van der Waals surface area contributed by atoms with E-state index in [-0.39, 0.29) is 54.7 Å². The zero-order chi connectivity index (χ0) is 40.3. The Kier molecular flexibility index (Phi) is 15.3. The van der Waals surface area contributed by atoms with Gasteiger partial charge in [0.1, 0.15) is 6.04 Å². The first-order valence-corrected chi connectivity index (χ1v) is 20.1. The van der Waals surface area contributed by atoms with Crippen molar-refractivity contribution in [1.82, 2.24) is 29.3 Å².